The average molecular weight is 387 g/mol. The van der Waals surface area contributed by atoms with Crippen molar-refractivity contribution in [2.75, 3.05) is 29.8 Å². The third-order valence-corrected chi connectivity index (χ3v) is 4.70. The number of aldehydes is 1. The number of hydrogen-bond acceptors (Lipinski definition) is 7. The molecule has 1 aromatic heterocycles. The van der Waals surface area contributed by atoms with E-state index < -0.39 is 0 Å². The fourth-order valence-corrected chi connectivity index (χ4v) is 3.38. The maximum absolute atomic E-state index is 13.2. The van der Waals surface area contributed by atoms with Crippen LogP contribution >= 0.6 is 11.9 Å². The molecule has 0 saturated heterocycles. The lowest BCUT2D eigenvalue weighted by Crippen LogP contribution is -2.26. The summed E-state index contributed by atoms with van der Waals surface area (Å²) in [5.41, 5.74) is 1.99. The zero-order valence-corrected chi connectivity index (χ0v) is 15.4. The molecular weight excluding hydrogens is 369 g/mol. The van der Waals surface area contributed by atoms with Crippen molar-refractivity contribution in [1.29, 1.82) is 0 Å². The summed E-state index contributed by atoms with van der Waals surface area (Å²) < 4.78 is 25.4. The number of benzene rings is 2. The van der Waals surface area contributed by atoms with Crippen molar-refractivity contribution in [1.82, 2.24) is 4.98 Å². The molecule has 0 unspecified atom stereocenters. The number of nitrogens with one attached hydrogen (secondary N) is 1. The van der Waals surface area contributed by atoms with Gasteiger partial charge in [-0.1, -0.05) is 6.07 Å². The van der Waals surface area contributed by atoms with Crippen LogP contribution in [0.3, 0.4) is 0 Å². The van der Waals surface area contributed by atoms with Gasteiger partial charge in [-0.05, 0) is 42.3 Å². The van der Waals surface area contributed by atoms with Gasteiger partial charge in [0.05, 0.1) is 18.4 Å². The molecule has 0 radical (unpaired) electrons. The van der Waals surface area contributed by atoms with Crippen molar-refractivity contribution in [3.8, 4) is 5.75 Å². The first-order valence-electron chi connectivity index (χ1n) is 8.20. The van der Waals surface area contributed by atoms with E-state index in [0.717, 1.165) is 22.8 Å². The predicted octanol–water partition coefficient (Wildman–Crippen LogP) is 4.26. The quantitative estimate of drug-likeness (QED) is 0.530. The Hall–Kier alpha value is -3.00. The number of ether oxygens (including phenoxy) is 1. The average Bonchev–Trinajstić information content (AvgIpc) is 3.22. The van der Waals surface area contributed by atoms with Gasteiger partial charge in [-0.2, -0.15) is 0 Å². The van der Waals surface area contributed by atoms with Crippen molar-refractivity contribution in [2.24, 2.45) is 0 Å². The highest BCUT2D eigenvalue weighted by molar-refractivity contribution is 8.00. The second-order valence-electron chi connectivity index (χ2n) is 5.42. The van der Waals surface area contributed by atoms with Gasteiger partial charge in [-0.3, -0.25) is 4.79 Å². The number of carbonyl (C=O) groups excluding carboxylic acids is 1. The van der Waals surface area contributed by atoms with Crippen LogP contribution in [0.5, 0.6) is 5.75 Å². The molecule has 0 amide bonds. The van der Waals surface area contributed by atoms with Gasteiger partial charge in [0.2, 0.25) is 6.29 Å². The molecule has 1 N–H and O–H groups in total. The fraction of sp³-hybridized carbons (Fsp3) is 0.158. The van der Waals surface area contributed by atoms with Crippen LogP contribution < -0.4 is 14.4 Å². The molecule has 0 spiro atoms. The minimum atomic E-state index is -0.271. The number of nitrogens with zero attached hydrogens (tertiary/aromatic N) is 2. The summed E-state index contributed by atoms with van der Waals surface area (Å²) in [6.07, 6.45) is 3.33. The van der Waals surface area contributed by atoms with E-state index in [1.807, 2.05) is 19.2 Å². The number of carbonyl (C=O) groups is 1. The number of anilines is 2. The predicted molar refractivity (Wildman–Crippen MR) is 103 cm³/mol. The van der Waals surface area contributed by atoms with Gasteiger partial charge in [0.15, 0.2) is 0 Å². The van der Waals surface area contributed by atoms with Crippen LogP contribution in [0.2, 0.25) is 0 Å². The Kier molecular flexibility index (Phi) is 6.32. The van der Waals surface area contributed by atoms with E-state index in [9.17, 15) is 9.18 Å². The summed E-state index contributed by atoms with van der Waals surface area (Å²) in [6.45, 7) is 1.34. The lowest BCUT2D eigenvalue weighted by molar-refractivity contribution is 0.109. The minimum absolute atomic E-state index is 0.125. The maximum atomic E-state index is 13.2. The standard InChI is InChI=1S/C15H15FN2OS.C4H3NO2/c1-17-12-3-2-4-13(10-12)20-18-7-8-19-15-9-11(16)5-6-14(15)18;6-3-4-5-1-2-7-4/h2-6,9-10,17H,7-8H2,1H3;1-3H. The van der Waals surface area contributed by atoms with Crippen LogP contribution in [0.4, 0.5) is 15.8 Å². The number of oxazole rings is 1. The zero-order valence-electron chi connectivity index (χ0n) is 14.6. The van der Waals surface area contributed by atoms with Gasteiger partial charge in [0.1, 0.15) is 24.4 Å². The van der Waals surface area contributed by atoms with Crippen molar-refractivity contribution in [3.63, 3.8) is 0 Å². The number of fused-ring (bicyclic) bond motifs is 1. The molecule has 0 bridgehead atoms. The van der Waals surface area contributed by atoms with Crippen molar-refractivity contribution in [3.05, 3.63) is 66.6 Å². The molecule has 2 heterocycles. The van der Waals surface area contributed by atoms with E-state index in [2.05, 4.69) is 31.2 Å². The summed E-state index contributed by atoms with van der Waals surface area (Å²) in [4.78, 5) is 14.3. The highest BCUT2D eigenvalue weighted by Crippen LogP contribution is 2.38. The Labute approximate surface area is 160 Å². The van der Waals surface area contributed by atoms with Crippen LogP contribution in [-0.2, 0) is 0 Å². The summed E-state index contributed by atoms with van der Waals surface area (Å²) in [5.74, 6) is 0.460. The van der Waals surface area contributed by atoms with E-state index >= 15 is 0 Å². The van der Waals surface area contributed by atoms with Gasteiger partial charge in [0, 0.05) is 23.7 Å². The third kappa shape index (κ3) is 5.01. The molecule has 8 heteroatoms. The second kappa shape index (κ2) is 9.09. The van der Waals surface area contributed by atoms with E-state index in [0.29, 0.717) is 18.6 Å². The molecule has 2 aromatic carbocycles. The molecule has 4 rings (SSSR count). The first kappa shape index (κ1) is 18.8. The number of rotatable bonds is 4. The SMILES string of the molecule is CNc1cccc(SN2CCOc3cc(F)ccc32)c1.O=Cc1ncco1. The molecule has 0 saturated carbocycles. The van der Waals surface area contributed by atoms with Crippen LogP contribution in [0.15, 0.2) is 64.2 Å². The van der Waals surface area contributed by atoms with Gasteiger partial charge in [-0.15, -0.1) is 0 Å². The summed E-state index contributed by atoms with van der Waals surface area (Å²) in [7, 11) is 1.90. The Morgan fingerprint density at radius 3 is 2.89 bits per heavy atom. The van der Waals surface area contributed by atoms with Crippen molar-refractivity contribution >= 4 is 29.6 Å². The molecule has 1 aliphatic heterocycles. The molecular formula is C19H18FN3O3S. The molecule has 0 aliphatic carbocycles. The summed E-state index contributed by atoms with van der Waals surface area (Å²) in [6, 6.07) is 12.8. The number of aromatic nitrogens is 1. The van der Waals surface area contributed by atoms with Crippen LogP contribution in [0, 0.1) is 5.82 Å². The second-order valence-corrected chi connectivity index (χ2v) is 6.51. The van der Waals surface area contributed by atoms with Crippen molar-refractivity contribution in [2.45, 2.75) is 4.90 Å². The minimum Gasteiger partial charge on any atom is -0.489 e. The Morgan fingerprint density at radius 2 is 2.19 bits per heavy atom. The Bertz CT molecular complexity index is 890. The lowest BCUT2D eigenvalue weighted by atomic mass is 10.2. The first-order valence-corrected chi connectivity index (χ1v) is 8.97. The van der Waals surface area contributed by atoms with Gasteiger partial charge < -0.3 is 18.8 Å². The van der Waals surface area contributed by atoms with Crippen LogP contribution in [0.1, 0.15) is 10.7 Å². The van der Waals surface area contributed by atoms with Crippen LogP contribution in [-0.4, -0.2) is 31.5 Å². The summed E-state index contributed by atoms with van der Waals surface area (Å²) >= 11 is 1.63. The third-order valence-electron chi connectivity index (χ3n) is 3.63. The van der Waals surface area contributed by atoms with E-state index in [4.69, 9.17) is 4.74 Å². The Balaban J connectivity index is 0.000000253. The molecule has 3 aromatic rings. The van der Waals surface area contributed by atoms with Crippen LogP contribution in [0.25, 0.3) is 0 Å². The van der Waals surface area contributed by atoms with Gasteiger partial charge in [0.25, 0.3) is 5.89 Å². The highest BCUT2D eigenvalue weighted by atomic mass is 32.2. The smallest absolute Gasteiger partial charge is 0.259 e. The molecule has 0 fully saturated rings. The number of halogens is 1. The highest BCUT2D eigenvalue weighted by Gasteiger charge is 2.19. The maximum Gasteiger partial charge on any atom is 0.259 e. The van der Waals surface area contributed by atoms with E-state index in [1.54, 1.807) is 18.0 Å². The van der Waals surface area contributed by atoms with Gasteiger partial charge in [-0.25, -0.2) is 9.37 Å². The summed E-state index contributed by atoms with van der Waals surface area (Å²) in [5, 5.41) is 3.13. The molecule has 0 atom stereocenters. The monoisotopic (exact) mass is 387 g/mol. The largest absolute Gasteiger partial charge is 0.489 e. The molecule has 140 valence electrons. The Morgan fingerprint density at radius 1 is 1.30 bits per heavy atom. The molecule has 1 aliphatic rings. The fourth-order valence-electron chi connectivity index (χ4n) is 2.39. The molecule has 27 heavy (non-hydrogen) atoms. The van der Waals surface area contributed by atoms with E-state index in [1.165, 1.54) is 24.6 Å². The number of hydrogen-bond donors (Lipinski definition) is 1. The zero-order chi connectivity index (χ0) is 19.1. The van der Waals surface area contributed by atoms with Crippen molar-refractivity contribution < 1.29 is 18.3 Å². The van der Waals surface area contributed by atoms with Gasteiger partial charge >= 0.3 is 0 Å². The van der Waals surface area contributed by atoms with E-state index in [-0.39, 0.29) is 11.7 Å². The first-order chi connectivity index (χ1) is 13.2. The lowest BCUT2D eigenvalue weighted by Gasteiger charge is -2.30. The normalized spacial score (nSPS) is 12.3. The molecule has 6 nitrogen and oxygen atoms in total. The topological polar surface area (TPSA) is 67.6 Å².